The van der Waals surface area contributed by atoms with E-state index in [1.165, 1.54) is 105 Å². The van der Waals surface area contributed by atoms with Gasteiger partial charge in [-0.1, -0.05) is 188 Å². The van der Waals surface area contributed by atoms with Crippen LogP contribution < -0.4 is 4.74 Å². The fourth-order valence-corrected chi connectivity index (χ4v) is 11.9. The minimum atomic E-state index is -0.563. The van der Waals surface area contributed by atoms with Gasteiger partial charge in [0, 0.05) is 16.5 Å². The number of ether oxygens (including phenoxy) is 1. The molecule has 272 valence electrons. The monoisotopic (exact) mass is 746 g/mol. The molecular weight excluding hydrogens is 713 g/mol. The van der Waals surface area contributed by atoms with E-state index in [1.807, 2.05) is 0 Å². The maximum absolute atomic E-state index is 7.11. The van der Waals surface area contributed by atoms with E-state index in [1.54, 1.807) is 0 Å². The first-order chi connectivity index (χ1) is 29.3. The third-order valence-corrected chi connectivity index (χ3v) is 14.1. The molecule has 0 amide bonds. The molecule has 0 bridgehead atoms. The molecule has 1 nitrogen and oxygen atoms in total. The molecule has 2 spiro atoms. The number of rotatable bonds is 1. The summed E-state index contributed by atoms with van der Waals surface area (Å²) in [7, 11) is 0. The normalized spacial score (nSPS) is 16.5. The van der Waals surface area contributed by atoms with Crippen molar-refractivity contribution in [1.29, 1.82) is 0 Å². The number of hydrogen-bond acceptors (Lipinski definition) is 1. The van der Waals surface area contributed by atoms with E-state index in [9.17, 15) is 0 Å². The number of fused-ring (bicyclic) bond motifs is 20. The van der Waals surface area contributed by atoms with Crippen LogP contribution in [0.5, 0.6) is 11.5 Å². The van der Waals surface area contributed by atoms with Crippen LogP contribution in [0.15, 0.2) is 206 Å². The van der Waals surface area contributed by atoms with Crippen molar-refractivity contribution in [2.45, 2.75) is 10.8 Å². The molecule has 1 atom stereocenters. The fraction of sp³-hybridized carbons (Fsp3) is 0.0345. The lowest BCUT2D eigenvalue weighted by atomic mass is 9.61. The van der Waals surface area contributed by atoms with E-state index in [0.29, 0.717) is 0 Å². The van der Waals surface area contributed by atoms with Gasteiger partial charge in [0.1, 0.15) is 11.5 Å². The second-order valence-electron chi connectivity index (χ2n) is 16.6. The molecule has 4 aliphatic rings. The lowest BCUT2D eigenvalue weighted by Crippen LogP contribution is -2.32. The average molecular weight is 747 g/mol. The van der Waals surface area contributed by atoms with Gasteiger partial charge in [-0.2, -0.15) is 0 Å². The zero-order chi connectivity index (χ0) is 38.5. The van der Waals surface area contributed by atoms with Gasteiger partial charge in [0.2, 0.25) is 0 Å². The van der Waals surface area contributed by atoms with Crippen LogP contribution in [0.4, 0.5) is 0 Å². The van der Waals surface area contributed by atoms with E-state index < -0.39 is 10.8 Å². The third-order valence-electron chi connectivity index (χ3n) is 14.1. The molecule has 1 aliphatic heterocycles. The lowest BCUT2D eigenvalue weighted by molar-refractivity contribution is 0.442. The average Bonchev–Trinajstić information content (AvgIpc) is 3.76. The highest BCUT2D eigenvalue weighted by atomic mass is 16.5. The maximum Gasteiger partial charge on any atom is 0.140 e. The summed E-state index contributed by atoms with van der Waals surface area (Å²) in [5.41, 5.74) is 19.5. The van der Waals surface area contributed by atoms with Gasteiger partial charge in [-0.15, -0.1) is 0 Å². The molecular formula is C58H34O. The van der Waals surface area contributed by atoms with Crippen LogP contribution in [0.25, 0.3) is 66.1 Å². The van der Waals surface area contributed by atoms with Crippen molar-refractivity contribution in [2.75, 3.05) is 0 Å². The molecule has 0 saturated carbocycles. The Morgan fingerprint density at radius 3 is 1.44 bits per heavy atom. The summed E-state index contributed by atoms with van der Waals surface area (Å²) in [6.45, 7) is 0. The molecule has 1 unspecified atom stereocenters. The highest BCUT2D eigenvalue weighted by molar-refractivity contribution is 6.07. The van der Waals surface area contributed by atoms with Gasteiger partial charge in [-0.05, 0) is 112 Å². The van der Waals surface area contributed by atoms with E-state index in [-0.39, 0.29) is 0 Å². The Morgan fingerprint density at radius 2 is 0.763 bits per heavy atom. The van der Waals surface area contributed by atoms with Crippen LogP contribution in [0.2, 0.25) is 0 Å². The first-order valence-corrected chi connectivity index (χ1v) is 20.7. The van der Waals surface area contributed by atoms with Gasteiger partial charge < -0.3 is 4.74 Å². The van der Waals surface area contributed by atoms with Gasteiger partial charge in [-0.25, -0.2) is 0 Å². The first-order valence-electron chi connectivity index (χ1n) is 20.7. The van der Waals surface area contributed by atoms with Crippen molar-refractivity contribution in [2.24, 2.45) is 0 Å². The van der Waals surface area contributed by atoms with Crippen molar-refractivity contribution in [1.82, 2.24) is 0 Å². The van der Waals surface area contributed by atoms with Crippen molar-refractivity contribution >= 4 is 21.5 Å². The predicted octanol–water partition coefficient (Wildman–Crippen LogP) is 14.5. The number of hydrogen-bond donors (Lipinski definition) is 0. The first kappa shape index (κ1) is 31.6. The van der Waals surface area contributed by atoms with Gasteiger partial charge in [0.05, 0.1) is 10.8 Å². The van der Waals surface area contributed by atoms with Crippen LogP contribution in [0.3, 0.4) is 0 Å². The molecule has 1 heterocycles. The van der Waals surface area contributed by atoms with Crippen LogP contribution in [-0.2, 0) is 10.8 Å². The van der Waals surface area contributed by atoms with Crippen molar-refractivity contribution in [3.8, 4) is 56.0 Å². The van der Waals surface area contributed by atoms with E-state index >= 15 is 0 Å². The molecule has 3 aliphatic carbocycles. The van der Waals surface area contributed by atoms with Crippen LogP contribution in [-0.4, -0.2) is 0 Å². The van der Waals surface area contributed by atoms with Gasteiger partial charge in [-0.3, -0.25) is 0 Å². The van der Waals surface area contributed by atoms with Gasteiger partial charge >= 0.3 is 0 Å². The van der Waals surface area contributed by atoms with Crippen molar-refractivity contribution < 1.29 is 4.74 Å². The molecule has 10 aromatic carbocycles. The second kappa shape index (κ2) is 11.1. The maximum atomic E-state index is 7.11. The van der Waals surface area contributed by atoms with E-state index in [4.69, 9.17) is 4.74 Å². The summed E-state index contributed by atoms with van der Waals surface area (Å²) >= 11 is 0. The zero-order valence-corrected chi connectivity index (χ0v) is 32.0. The Labute approximate surface area is 342 Å². The Balaban J connectivity index is 1.06. The molecule has 14 rings (SSSR count). The standard InChI is InChI=1S/C58H34O/c1-2-16-39-35(13-1)28-31-51-56(39)59-54-32-29-38(34-53(54)58(51)47-23-8-3-17-40(47)41-18-4-9-24-48(41)58)37-27-30-44-42-19-5-7-22-46(42)57(52(44)33-37)49-25-10-6-20-43(49)45-21-11-14-36-15-12-26-50(57)55(36)45/h1-34H. The molecule has 1 heteroatoms. The molecule has 0 aromatic heterocycles. The largest absolute Gasteiger partial charge is 0.456 e. The summed E-state index contributed by atoms with van der Waals surface area (Å²) < 4.78 is 7.11. The van der Waals surface area contributed by atoms with E-state index in [0.717, 1.165) is 16.9 Å². The molecule has 0 saturated heterocycles. The molecule has 59 heavy (non-hydrogen) atoms. The van der Waals surface area contributed by atoms with Crippen LogP contribution in [0, 0.1) is 0 Å². The molecule has 0 fully saturated rings. The predicted molar refractivity (Wildman–Crippen MR) is 241 cm³/mol. The fourth-order valence-electron chi connectivity index (χ4n) is 11.9. The molecule has 0 radical (unpaired) electrons. The third kappa shape index (κ3) is 3.73. The summed E-state index contributed by atoms with van der Waals surface area (Å²) in [4.78, 5) is 0. The summed E-state index contributed by atoms with van der Waals surface area (Å²) in [6.07, 6.45) is 0. The van der Waals surface area contributed by atoms with Crippen LogP contribution in [0.1, 0.15) is 44.5 Å². The van der Waals surface area contributed by atoms with Gasteiger partial charge in [0.25, 0.3) is 0 Å². The Kier molecular flexibility index (Phi) is 5.96. The highest BCUT2D eigenvalue weighted by Gasteiger charge is 2.52. The molecule has 10 aromatic rings. The summed E-state index contributed by atoms with van der Waals surface area (Å²) in [6, 6.07) is 77.3. The Morgan fingerprint density at radius 1 is 0.288 bits per heavy atom. The van der Waals surface area contributed by atoms with Gasteiger partial charge in [0.15, 0.2) is 0 Å². The smallest absolute Gasteiger partial charge is 0.140 e. The zero-order valence-electron chi connectivity index (χ0n) is 32.0. The quantitative estimate of drug-likeness (QED) is 0.163. The Hall–Kier alpha value is -7.48. The number of benzene rings is 10. The summed E-state index contributed by atoms with van der Waals surface area (Å²) in [5.74, 6) is 1.84. The van der Waals surface area contributed by atoms with Crippen LogP contribution >= 0.6 is 0 Å². The lowest BCUT2D eigenvalue weighted by Gasteiger charge is -2.40. The Bertz CT molecular complexity index is 3450. The van der Waals surface area contributed by atoms with E-state index in [2.05, 4.69) is 206 Å². The van der Waals surface area contributed by atoms with Crippen molar-refractivity contribution in [3.63, 3.8) is 0 Å². The highest BCUT2D eigenvalue weighted by Crippen LogP contribution is 2.65. The van der Waals surface area contributed by atoms with Crippen molar-refractivity contribution in [3.05, 3.63) is 251 Å². The topological polar surface area (TPSA) is 9.23 Å². The minimum absolute atomic E-state index is 0.478. The minimum Gasteiger partial charge on any atom is -0.456 e. The second-order valence-corrected chi connectivity index (χ2v) is 16.6. The summed E-state index contributed by atoms with van der Waals surface area (Å²) in [5, 5.41) is 4.94. The SMILES string of the molecule is c1ccc2c(c1)-c1ccccc1C21c2cc(-c3ccc4c(c3)C3(c5ccccc5-4)c4ccccc4-c4cccc5cccc3c45)ccc2Oc2c1ccc1ccccc21. The molecule has 0 N–H and O–H groups in total.